The number of amides is 2. The van der Waals surface area contributed by atoms with Crippen LogP contribution in [0.3, 0.4) is 0 Å². The van der Waals surface area contributed by atoms with Crippen LogP contribution < -0.4 is 16.0 Å². The Labute approximate surface area is 119 Å². The van der Waals surface area contributed by atoms with Crippen molar-refractivity contribution >= 4 is 23.5 Å². The number of nitrogens with one attached hydrogen (secondary N) is 3. The number of hydrogen-bond acceptors (Lipinski definition) is 3. The molecule has 2 amide bonds. The molecule has 0 bridgehead atoms. The van der Waals surface area contributed by atoms with Crippen LogP contribution in [0.2, 0.25) is 0 Å². The van der Waals surface area contributed by atoms with Gasteiger partial charge in [-0.05, 0) is 50.1 Å². The van der Waals surface area contributed by atoms with Crippen LogP contribution in [0.15, 0.2) is 24.3 Å². The SMILES string of the molecule is CNC(C)c1ccc(NC(=O)NCCCSC)cc1. The van der Waals surface area contributed by atoms with Crippen LogP contribution in [0.5, 0.6) is 0 Å². The topological polar surface area (TPSA) is 53.2 Å². The number of carbonyl (C=O) groups is 1. The van der Waals surface area contributed by atoms with E-state index in [-0.39, 0.29) is 6.03 Å². The van der Waals surface area contributed by atoms with E-state index in [1.165, 1.54) is 5.56 Å². The summed E-state index contributed by atoms with van der Waals surface area (Å²) in [4.78, 5) is 11.6. The molecule has 0 heterocycles. The second kappa shape index (κ2) is 8.82. The highest BCUT2D eigenvalue weighted by Gasteiger charge is 2.04. The minimum atomic E-state index is -0.143. The summed E-state index contributed by atoms with van der Waals surface area (Å²) in [5.41, 5.74) is 2.02. The fraction of sp³-hybridized carbons (Fsp3) is 0.500. The number of rotatable bonds is 7. The van der Waals surface area contributed by atoms with Crippen LogP contribution >= 0.6 is 11.8 Å². The van der Waals surface area contributed by atoms with Gasteiger partial charge in [0, 0.05) is 18.3 Å². The molecule has 1 rings (SSSR count). The zero-order valence-corrected chi connectivity index (χ0v) is 12.6. The molecule has 1 unspecified atom stereocenters. The van der Waals surface area contributed by atoms with Crippen LogP contribution in [-0.4, -0.2) is 31.6 Å². The minimum absolute atomic E-state index is 0.143. The third-order valence-corrected chi connectivity index (χ3v) is 3.61. The number of anilines is 1. The van der Waals surface area contributed by atoms with Gasteiger partial charge in [-0.1, -0.05) is 12.1 Å². The van der Waals surface area contributed by atoms with Crippen molar-refractivity contribution in [1.29, 1.82) is 0 Å². The molecule has 3 N–H and O–H groups in total. The van der Waals surface area contributed by atoms with E-state index in [4.69, 9.17) is 0 Å². The number of urea groups is 1. The quantitative estimate of drug-likeness (QED) is 0.674. The van der Waals surface area contributed by atoms with Gasteiger partial charge in [-0.3, -0.25) is 0 Å². The van der Waals surface area contributed by atoms with E-state index in [1.807, 2.05) is 31.3 Å². The smallest absolute Gasteiger partial charge is 0.319 e. The van der Waals surface area contributed by atoms with E-state index >= 15 is 0 Å². The number of benzene rings is 1. The zero-order valence-electron chi connectivity index (χ0n) is 11.8. The van der Waals surface area contributed by atoms with Crippen molar-refractivity contribution in [2.24, 2.45) is 0 Å². The molecular weight excluding hydrogens is 258 g/mol. The fourth-order valence-electron chi connectivity index (χ4n) is 1.62. The Balaban J connectivity index is 2.38. The van der Waals surface area contributed by atoms with Crippen molar-refractivity contribution in [2.45, 2.75) is 19.4 Å². The molecular formula is C14H23N3OS. The summed E-state index contributed by atoms with van der Waals surface area (Å²) in [6.45, 7) is 2.81. The molecule has 4 nitrogen and oxygen atoms in total. The fourth-order valence-corrected chi connectivity index (χ4v) is 2.05. The molecule has 0 aliphatic carbocycles. The van der Waals surface area contributed by atoms with Gasteiger partial charge in [0.2, 0.25) is 0 Å². The first-order valence-electron chi connectivity index (χ1n) is 6.48. The Kier molecular flexibility index (Phi) is 7.36. The van der Waals surface area contributed by atoms with Crippen LogP contribution in [0.4, 0.5) is 10.5 Å². The molecule has 0 fully saturated rings. The number of thioether (sulfide) groups is 1. The summed E-state index contributed by atoms with van der Waals surface area (Å²) in [6.07, 6.45) is 3.06. The van der Waals surface area contributed by atoms with Crippen LogP contribution in [-0.2, 0) is 0 Å². The van der Waals surface area contributed by atoms with E-state index < -0.39 is 0 Å². The Morgan fingerprint density at radius 2 is 2.00 bits per heavy atom. The average molecular weight is 281 g/mol. The molecule has 0 saturated carbocycles. The lowest BCUT2D eigenvalue weighted by Crippen LogP contribution is -2.29. The predicted octanol–water partition coefficient (Wildman–Crippen LogP) is 2.84. The van der Waals surface area contributed by atoms with Gasteiger partial charge in [0.1, 0.15) is 0 Å². The summed E-state index contributed by atoms with van der Waals surface area (Å²) >= 11 is 1.79. The molecule has 0 aliphatic heterocycles. The zero-order chi connectivity index (χ0) is 14.1. The molecule has 1 aromatic rings. The third-order valence-electron chi connectivity index (χ3n) is 2.91. The summed E-state index contributed by atoms with van der Waals surface area (Å²) in [5, 5.41) is 8.84. The van der Waals surface area contributed by atoms with E-state index in [0.717, 1.165) is 17.9 Å². The first kappa shape index (κ1) is 15.9. The van der Waals surface area contributed by atoms with Crippen molar-refractivity contribution in [3.8, 4) is 0 Å². The molecule has 0 spiro atoms. The average Bonchev–Trinajstić information content (AvgIpc) is 2.43. The molecule has 0 saturated heterocycles. The van der Waals surface area contributed by atoms with E-state index in [1.54, 1.807) is 11.8 Å². The van der Waals surface area contributed by atoms with Crippen molar-refractivity contribution < 1.29 is 4.79 Å². The van der Waals surface area contributed by atoms with E-state index in [2.05, 4.69) is 29.1 Å². The maximum absolute atomic E-state index is 11.6. The second-order valence-electron chi connectivity index (χ2n) is 4.36. The summed E-state index contributed by atoms with van der Waals surface area (Å²) < 4.78 is 0. The molecule has 1 atom stereocenters. The maximum atomic E-state index is 11.6. The first-order valence-corrected chi connectivity index (χ1v) is 7.87. The van der Waals surface area contributed by atoms with Crippen molar-refractivity contribution in [3.63, 3.8) is 0 Å². The predicted molar refractivity (Wildman–Crippen MR) is 83.9 cm³/mol. The summed E-state index contributed by atoms with van der Waals surface area (Å²) in [5.74, 6) is 1.07. The summed E-state index contributed by atoms with van der Waals surface area (Å²) in [6, 6.07) is 8.05. The van der Waals surface area contributed by atoms with Gasteiger partial charge >= 0.3 is 6.03 Å². The van der Waals surface area contributed by atoms with Crippen molar-refractivity contribution in [2.75, 3.05) is 30.9 Å². The van der Waals surface area contributed by atoms with Gasteiger partial charge in [0.25, 0.3) is 0 Å². The lowest BCUT2D eigenvalue weighted by atomic mass is 10.1. The monoisotopic (exact) mass is 281 g/mol. The highest BCUT2D eigenvalue weighted by atomic mass is 32.2. The molecule has 19 heavy (non-hydrogen) atoms. The number of carbonyl (C=O) groups excluding carboxylic acids is 1. The van der Waals surface area contributed by atoms with Gasteiger partial charge in [0.05, 0.1) is 0 Å². The molecule has 0 aromatic heterocycles. The highest BCUT2D eigenvalue weighted by Crippen LogP contribution is 2.15. The Morgan fingerprint density at radius 3 is 2.58 bits per heavy atom. The van der Waals surface area contributed by atoms with Gasteiger partial charge in [0.15, 0.2) is 0 Å². The van der Waals surface area contributed by atoms with E-state index in [9.17, 15) is 4.79 Å². The molecule has 5 heteroatoms. The van der Waals surface area contributed by atoms with Crippen molar-refractivity contribution in [1.82, 2.24) is 10.6 Å². The third kappa shape index (κ3) is 5.98. The molecule has 0 radical (unpaired) electrons. The van der Waals surface area contributed by atoms with Gasteiger partial charge < -0.3 is 16.0 Å². The van der Waals surface area contributed by atoms with Crippen LogP contribution in [0, 0.1) is 0 Å². The molecule has 106 valence electrons. The Morgan fingerprint density at radius 1 is 1.32 bits per heavy atom. The van der Waals surface area contributed by atoms with Gasteiger partial charge in [-0.15, -0.1) is 0 Å². The van der Waals surface area contributed by atoms with Crippen LogP contribution in [0.1, 0.15) is 24.9 Å². The minimum Gasteiger partial charge on any atom is -0.338 e. The Bertz CT molecular complexity index is 381. The maximum Gasteiger partial charge on any atom is 0.319 e. The van der Waals surface area contributed by atoms with Crippen molar-refractivity contribution in [3.05, 3.63) is 29.8 Å². The first-order chi connectivity index (χ1) is 9.17. The van der Waals surface area contributed by atoms with Gasteiger partial charge in [-0.2, -0.15) is 11.8 Å². The number of hydrogen-bond donors (Lipinski definition) is 3. The summed E-state index contributed by atoms with van der Waals surface area (Å²) in [7, 11) is 1.93. The highest BCUT2D eigenvalue weighted by molar-refractivity contribution is 7.98. The lowest BCUT2D eigenvalue weighted by Gasteiger charge is -2.12. The largest absolute Gasteiger partial charge is 0.338 e. The normalized spacial score (nSPS) is 11.9. The lowest BCUT2D eigenvalue weighted by molar-refractivity contribution is 0.252. The second-order valence-corrected chi connectivity index (χ2v) is 5.35. The van der Waals surface area contributed by atoms with Crippen LogP contribution in [0.25, 0.3) is 0 Å². The molecule has 0 aliphatic rings. The van der Waals surface area contributed by atoms with Gasteiger partial charge in [-0.25, -0.2) is 4.79 Å². The molecule has 1 aromatic carbocycles. The Hall–Kier alpha value is -1.20. The van der Waals surface area contributed by atoms with E-state index in [0.29, 0.717) is 12.6 Å². The standard InChI is InChI=1S/C14H23N3OS/c1-11(15-2)12-5-7-13(8-6-12)17-14(18)16-9-4-10-19-3/h5-8,11,15H,4,9-10H2,1-3H3,(H2,16,17,18).